The van der Waals surface area contributed by atoms with Gasteiger partial charge in [0.2, 0.25) is 5.91 Å². The second-order valence-corrected chi connectivity index (χ2v) is 5.76. The van der Waals surface area contributed by atoms with E-state index < -0.39 is 0 Å². The van der Waals surface area contributed by atoms with Gasteiger partial charge in [0, 0.05) is 23.8 Å². The Morgan fingerprint density at radius 3 is 2.70 bits per heavy atom. The number of anilines is 1. The molecule has 0 N–H and O–H groups in total. The van der Waals surface area contributed by atoms with Crippen molar-refractivity contribution in [3.63, 3.8) is 0 Å². The third-order valence-corrected chi connectivity index (χ3v) is 4.38. The van der Waals surface area contributed by atoms with E-state index in [4.69, 9.17) is 0 Å². The third kappa shape index (κ3) is 2.32. The fraction of sp³-hybridized carbons (Fsp3) is 0.158. The minimum absolute atomic E-state index is 0.0488. The molecule has 1 aliphatic heterocycles. The van der Waals surface area contributed by atoms with Gasteiger partial charge in [-0.25, -0.2) is 0 Å². The molecule has 1 amide bonds. The summed E-state index contributed by atoms with van der Waals surface area (Å²) in [5, 5.41) is 1.54. The van der Waals surface area contributed by atoms with Gasteiger partial charge in [-0.1, -0.05) is 36.4 Å². The van der Waals surface area contributed by atoms with Gasteiger partial charge in [0.1, 0.15) is 6.54 Å². The quantitative estimate of drug-likeness (QED) is 0.730. The van der Waals surface area contributed by atoms with Crippen LogP contribution in [0.3, 0.4) is 0 Å². The first-order valence-corrected chi connectivity index (χ1v) is 7.70. The number of aromatic nitrogens is 1. The zero-order valence-electron chi connectivity index (χ0n) is 12.6. The SMILES string of the molecule is O=C(Cn1ccc2ccccc2c1=O)N1CCc2ccccc21. The molecule has 0 spiro atoms. The summed E-state index contributed by atoms with van der Waals surface area (Å²) >= 11 is 0. The highest BCUT2D eigenvalue weighted by molar-refractivity contribution is 5.95. The van der Waals surface area contributed by atoms with Crippen LogP contribution < -0.4 is 10.5 Å². The van der Waals surface area contributed by atoms with Crippen LogP contribution in [0.25, 0.3) is 10.8 Å². The number of amides is 1. The van der Waals surface area contributed by atoms with Crippen molar-refractivity contribution in [3.05, 3.63) is 76.7 Å². The van der Waals surface area contributed by atoms with Gasteiger partial charge in [0.25, 0.3) is 5.56 Å². The summed E-state index contributed by atoms with van der Waals surface area (Å²) in [7, 11) is 0. The molecule has 23 heavy (non-hydrogen) atoms. The number of para-hydroxylation sites is 1. The Morgan fingerprint density at radius 1 is 1.00 bits per heavy atom. The Kier molecular flexibility index (Phi) is 3.23. The molecule has 4 heteroatoms. The second-order valence-electron chi connectivity index (χ2n) is 5.76. The molecule has 0 saturated carbocycles. The van der Waals surface area contributed by atoms with E-state index in [0.717, 1.165) is 17.5 Å². The van der Waals surface area contributed by atoms with E-state index in [2.05, 4.69) is 0 Å². The summed E-state index contributed by atoms with van der Waals surface area (Å²) in [6.07, 6.45) is 2.57. The first kappa shape index (κ1) is 13.8. The van der Waals surface area contributed by atoms with Crippen LogP contribution in [0.2, 0.25) is 0 Å². The number of carbonyl (C=O) groups excluding carboxylic acids is 1. The van der Waals surface area contributed by atoms with Crippen molar-refractivity contribution in [3.8, 4) is 0 Å². The van der Waals surface area contributed by atoms with Crippen LogP contribution in [0.5, 0.6) is 0 Å². The van der Waals surface area contributed by atoms with Crippen LogP contribution in [0.4, 0.5) is 5.69 Å². The fourth-order valence-electron chi connectivity index (χ4n) is 3.18. The zero-order valence-corrected chi connectivity index (χ0v) is 12.6. The van der Waals surface area contributed by atoms with Gasteiger partial charge >= 0.3 is 0 Å². The van der Waals surface area contributed by atoms with Gasteiger partial charge in [-0.2, -0.15) is 0 Å². The van der Waals surface area contributed by atoms with Crippen molar-refractivity contribution < 1.29 is 4.79 Å². The Labute approximate surface area is 133 Å². The van der Waals surface area contributed by atoms with E-state index in [1.807, 2.05) is 48.5 Å². The predicted molar refractivity (Wildman–Crippen MR) is 90.7 cm³/mol. The van der Waals surface area contributed by atoms with E-state index in [9.17, 15) is 9.59 Å². The molecule has 0 aliphatic carbocycles. The van der Waals surface area contributed by atoms with Gasteiger partial charge in [0.05, 0.1) is 0 Å². The Hall–Kier alpha value is -2.88. The van der Waals surface area contributed by atoms with E-state index >= 15 is 0 Å². The molecule has 4 nitrogen and oxygen atoms in total. The summed E-state index contributed by atoms with van der Waals surface area (Å²) in [6.45, 7) is 0.749. The van der Waals surface area contributed by atoms with E-state index in [-0.39, 0.29) is 18.0 Å². The van der Waals surface area contributed by atoms with Gasteiger partial charge in [0.15, 0.2) is 0 Å². The van der Waals surface area contributed by atoms with Crippen molar-refractivity contribution >= 4 is 22.4 Å². The maximum Gasteiger partial charge on any atom is 0.258 e. The molecule has 0 saturated heterocycles. The standard InChI is InChI=1S/C19H16N2O2/c22-18(21-12-10-15-6-2-4-8-17(15)21)13-20-11-9-14-5-1-3-7-16(14)19(20)23/h1-9,11H,10,12-13H2. The molecule has 0 fully saturated rings. The molecule has 1 aliphatic rings. The molecule has 0 radical (unpaired) electrons. The number of rotatable bonds is 2. The molecule has 0 bridgehead atoms. The smallest absolute Gasteiger partial charge is 0.258 e. The molecule has 114 valence electrons. The van der Waals surface area contributed by atoms with E-state index in [1.54, 1.807) is 17.2 Å². The summed E-state index contributed by atoms with van der Waals surface area (Å²) in [4.78, 5) is 26.9. The molecule has 1 aromatic heterocycles. The number of hydrogen-bond acceptors (Lipinski definition) is 2. The lowest BCUT2D eigenvalue weighted by atomic mass is 10.2. The number of carbonyl (C=O) groups is 1. The highest BCUT2D eigenvalue weighted by atomic mass is 16.2. The topological polar surface area (TPSA) is 42.3 Å². The van der Waals surface area contributed by atoms with Crippen LogP contribution in [-0.4, -0.2) is 17.0 Å². The maximum atomic E-state index is 12.6. The number of pyridine rings is 1. The van der Waals surface area contributed by atoms with Crippen LogP contribution in [0.1, 0.15) is 5.56 Å². The monoisotopic (exact) mass is 304 g/mol. The largest absolute Gasteiger partial charge is 0.310 e. The lowest BCUT2D eigenvalue weighted by Gasteiger charge is -2.18. The number of benzene rings is 2. The number of fused-ring (bicyclic) bond motifs is 2. The van der Waals surface area contributed by atoms with Crippen LogP contribution in [0, 0.1) is 0 Å². The Bertz CT molecular complexity index is 959. The Balaban J connectivity index is 1.65. The summed E-state index contributed by atoms with van der Waals surface area (Å²) < 4.78 is 1.49. The highest BCUT2D eigenvalue weighted by Gasteiger charge is 2.24. The van der Waals surface area contributed by atoms with Gasteiger partial charge in [-0.3, -0.25) is 9.59 Å². The normalized spacial score (nSPS) is 13.3. The lowest BCUT2D eigenvalue weighted by molar-refractivity contribution is -0.119. The van der Waals surface area contributed by atoms with Crippen molar-refractivity contribution in [1.29, 1.82) is 0 Å². The number of nitrogens with zero attached hydrogens (tertiary/aromatic N) is 2. The highest BCUT2D eigenvalue weighted by Crippen LogP contribution is 2.27. The van der Waals surface area contributed by atoms with Crippen molar-refractivity contribution in [2.24, 2.45) is 0 Å². The molecule has 4 rings (SSSR count). The van der Waals surface area contributed by atoms with Gasteiger partial charge < -0.3 is 9.47 Å². The average Bonchev–Trinajstić information content (AvgIpc) is 3.02. The third-order valence-electron chi connectivity index (χ3n) is 4.38. The van der Waals surface area contributed by atoms with Gasteiger partial charge in [-0.15, -0.1) is 0 Å². The fourth-order valence-corrected chi connectivity index (χ4v) is 3.18. The van der Waals surface area contributed by atoms with E-state index in [1.165, 1.54) is 10.1 Å². The van der Waals surface area contributed by atoms with Crippen molar-refractivity contribution in [2.45, 2.75) is 13.0 Å². The molecular weight excluding hydrogens is 288 g/mol. The molecule has 0 atom stereocenters. The minimum Gasteiger partial charge on any atom is -0.310 e. The predicted octanol–water partition coefficient (Wildman–Crippen LogP) is 2.59. The van der Waals surface area contributed by atoms with Gasteiger partial charge in [-0.05, 0) is 35.6 Å². The molecule has 2 heterocycles. The second kappa shape index (κ2) is 5.39. The zero-order chi connectivity index (χ0) is 15.8. The first-order chi connectivity index (χ1) is 11.2. The average molecular weight is 304 g/mol. The lowest BCUT2D eigenvalue weighted by Crippen LogP contribution is -2.35. The molecular formula is C19H16N2O2. The molecule has 2 aromatic carbocycles. The van der Waals surface area contributed by atoms with Crippen molar-refractivity contribution in [2.75, 3.05) is 11.4 Å². The minimum atomic E-state index is -0.121. The van der Waals surface area contributed by atoms with Crippen LogP contribution >= 0.6 is 0 Å². The Morgan fingerprint density at radius 2 is 1.78 bits per heavy atom. The first-order valence-electron chi connectivity index (χ1n) is 7.70. The summed E-state index contributed by atoms with van der Waals surface area (Å²) in [6, 6.07) is 17.2. The summed E-state index contributed by atoms with van der Waals surface area (Å²) in [5.74, 6) is -0.0488. The maximum absolute atomic E-state index is 12.6. The van der Waals surface area contributed by atoms with Crippen molar-refractivity contribution in [1.82, 2.24) is 4.57 Å². The number of hydrogen-bond donors (Lipinski definition) is 0. The van der Waals surface area contributed by atoms with Crippen LogP contribution in [0.15, 0.2) is 65.6 Å². The van der Waals surface area contributed by atoms with E-state index in [0.29, 0.717) is 11.9 Å². The summed E-state index contributed by atoms with van der Waals surface area (Å²) in [5.41, 5.74) is 2.03. The molecule has 0 unspecified atom stereocenters. The van der Waals surface area contributed by atoms with Crippen LogP contribution in [-0.2, 0) is 17.8 Å². The molecule has 3 aromatic rings.